The maximum absolute atomic E-state index is 9.00. The Labute approximate surface area is 581 Å². The van der Waals surface area contributed by atoms with Gasteiger partial charge in [0.15, 0.2) is 0 Å². The second kappa shape index (κ2) is 30.6. The Morgan fingerprint density at radius 1 is 0.488 bits per heavy atom. The fraction of sp³-hybridized carbons (Fsp3) is 0.191. The number of aromatic nitrogens is 6. The number of aryl methyl sites for hydroxylation is 6. The van der Waals surface area contributed by atoms with Crippen molar-refractivity contribution in [1.82, 2.24) is 29.9 Å². The van der Waals surface area contributed by atoms with E-state index in [0.29, 0.717) is 11.4 Å². The summed E-state index contributed by atoms with van der Waals surface area (Å²) >= 11 is -0.556. The van der Waals surface area contributed by atoms with Gasteiger partial charge in [-0.15, -0.1) is 54.1 Å². The quantitative estimate of drug-likeness (QED) is 0.115. The molecule has 0 unspecified atom stereocenters. The first-order chi connectivity index (χ1) is 40.3. The van der Waals surface area contributed by atoms with Crippen molar-refractivity contribution in [3.05, 3.63) is 226 Å². The van der Waals surface area contributed by atoms with E-state index in [1.807, 2.05) is 80.6 Å². The minimum atomic E-state index is -3.06. The molecule has 0 amide bonds. The molecule has 0 saturated heterocycles. The third-order valence-electron chi connectivity index (χ3n) is 14.0. The number of para-hydroxylation sites is 1. The summed E-state index contributed by atoms with van der Waals surface area (Å²) in [4.78, 5) is 38.7. The van der Waals surface area contributed by atoms with Gasteiger partial charge in [0.25, 0.3) is 5.97 Å². The summed E-state index contributed by atoms with van der Waals surface area (Å²) in [6.07, 6.45) is 0. The van der Waals surface area contributed by atoms with Crippen molar-refractivity contribution in [3.63, 3.8) is 0 Å². The van der Waals surface area contributed by atoms with Gasteiger partial charge in [0, 0.05) is 67.8 Å². The normalized spacial score (nSPS) is 11.5. The van der Waals surface area contributed by atoms with Crippen molar-refractivity contribution in [3.8, 4) is 45.0 Å². The van der Waals surface area contributed by atoms with Crippen LogP contribution in [0.3, 0.4) is 0 Å². The molecular formula is C68H60Cl4K2N6O4Pt2. The zero-order chi connectivity index (χ0) is 61.5. The molecule has 0 radical (unpaired) electrons. The number of hydrogen-bond donors (Lipinski definition) is 1. The summed E-state index contributed by atoms with van der Waals surface area (Å²) in [5.41, 5.74) is 19.9. The number of benzene rings is 4. The van der Waals surface area contributed by atoms with E-state index in [4.69, 9.17) is 76.3 Å². The molecule has 12 aromatic rings. The molecule has 0 atom stereocenters. The Morgan fingerprint density at radius 2 is 0.919 bits per heavy atom. The molecule has 4 aromatic carbocycles. The number of nitrogens with zero attached hydrogens (tertiary/aromatic N) is 6. The molecule has 0 aliphatic rings. The number of hydrogen-bond acceptors (Lipinski definition) is 9. The van der Waals surface area contributed by atoms with Crippen molar-refractivity contribution in [2.24, 2.45) is 0 Å². The van der Waals surface area contributed by atoms with Gasteiger partial charge in [-0.25, -0.2) is 9.97 Å². The summed E-state index contributed by atoms with van der Waals surface area (Å²) in [6.45, 7) is 22.2. The van der Waals surface area contributed by atoms with Gasteiger partial charge in [-0.05, 0) is 158 Å². The Balaban J connectivity index is 0.000000208. The van der Waals surface area contributed by atoms with Crippen LogP contribution in [0.5, 0.6) is 0 Å². The predicted molar refractivity (Wildman–Crippen MR) is 347 cm³/mol. The maximum Gasteiger partial charge on any atom is 2.00 e. The maximum atomic E-state index is 9.00. The van der Waals surface area contributed by atoms with Crippen LogP contribution in [0.4, 0.5) is 0 Å². The summed E-state index contributed by atoms with van der Waals surface area (Å²) in [7, 11) is 20.0. The number of carboxylic acids is 1. The monoisotopic (exact) mass is 1630 g/mol. The molecule has 86 heavy (non-hydrogen) atoms. The van der Waals surface area contributed by atoms with Crippen LogP contribution in [0.1, 0.15) is 91.0 Å². The molecular weight excluding hydrogens is 1570 g/mol. The number of pyridine rings is 6. The molecule has 436 valence electrons. The fourth-order valence-electron chi connectivity index (χ4n) is 9.80. The van der Waals surface area contributed by atoms with Crippen LogP contribution in [0.2, 0.25) is 0 Å². The zero-order valence-electron chi connectivity index (χ0n) is 50.0. The van der Waals surface area contributed by atoms with Crippen LogP contribution in [0.15, 0.2) is 167 Å². The van der Waals surface area contributed by atoms with Gasteiger partial charge in [-0.1, -0.05) is 76.7 Å². The Hall–Kier alpha value is -3.34. The molecule has 0 fully saturated rings. The molecule has 0 aliphatic heterocycles. The summed E-state index contributed by atoms with van der Waals surface area (Å²) in [5.74, 6) is -0.833. The molecule has 18 heteroatoms. The van der Waals surface area contributed by atoms with Gasteiger partial charge in [0.05, 0.1) is 28.4 Å². The van der Waals surface area contributed by atoms with Gasteiger partial charge in [-0.3, -0.25) is 14.8 Å². The molecule has 0 spiro atoms. The van der Waals surface area contributed by atoms with E-state index < -0.39 is 28.7 Å². The van der Waals surface area contributed by atoms with Crippen molar-refractivity contribution in [1.29, 1.82) is 0 Å². The van der Waals surface area contributed by atoms with Gasteiger partial charge >= 0.3 is 134 Å². The molecule has 0 bridgehead atoms. The van der Waals surface area contributed by atoms with Crippen molar-refractivity contribution in [2.45, 2.75) is 87.0 Å². The van der Waals surface area contributed by atoms with E-state index in [1.165, 1.54) is 68.7 Å². The summed E-state index contributed by atoms with van der Waals surface area (Å²) in [6, 6.07) is 60.4. The second-order valence-electron chi connectivity index (χ2n) is 21.4. The first kappa shape index (κ1) is 70.1. The van der Waals surface area contributed by atoms with Crippen LogP contribution in [-0.4, -0.2) is 104 Å². The Morgan fingerprint density at radius 3 is 1.43 bits per heavy atom. The minimum absolute atomic E-state index is 0. The van der Waals surface area contributed by atoms with E-state index in [1.54, 1.807) is 0 Å². The average Bonchev–Trinajstić information content (AvgIpc) is 1.93. The third-order valence-corrected chi connectivity index (χ3v) is 14.0. The smallest absolute Gasteiger partial charge is 2.00 e. The number of carboxylic acid groups (broad SMARTS) is 1. The Kier molecular flexibility index (Phi) is 25.0. The zero-order valence-corrected chi connectivity index (χ0v) is 63.8. The van der Waals surface area contributed by atoms with Crippen LogP contribution in [0, 0.1) is 53.7 Å². The number of fused-ring (bicyclic) bond motifs is 6. The van der Waals surface area contributed by atoms with Crippen LogP contribution in [-0.2, 0) is 48.6 Å². The van der Waals surface area contributed by atoms with Gasteiger partial charge in [0.1, 0.15) is 5.58 Å². The van der Waals surface area contributed by atoms with Gasteiger partial charge in [-0.2, -0.15) is 0 Å². The van der Waals surface area contributed by atoms with Gasteiger partial charge in [0.2, 0.25) is 11.4 Å². The number of furan rings is 2. The fourth-order valence-corrected chi connectivity index (χ4v) is 9.80. The van der Waals surface area contributed by atoms with Crippen molar-refractivity contribution < 1.29 is 51.7 Å². The SMILES string of the molecule is CC(=O)O.Cc1cc(-c2[c-]cccc2)nc(C(C)(C)c2cc(C)cc(-c3[c-]ccc4c3oc3nc(C)ccc34)n2)c1.Cc1cc(-c2ccccc2)nc(C(C)(C)c2cc(C)cc(-c3cccc4c3oc3nc(C)ccc34)n2)c1.[Cl][Pt]([Cl])([Cl])[Cl].[K][K].[Pt+2]. The van der Waals surface area contributed by atoms with Crippen molar-refractivity contribution in [2.75, 3.05) is 0 Å². The number of aliphatic carboxylic acids is 1. The minimum Gasteiger partial charge on any atom is 2.00 e. The average molecular weight is 1640 g/mol. The largest absolute Gasteiger partial charge is 2.00 e. The summed E-state index contributed by atoms with van der Waals surface area (Å²) < 4.78 is 12.5. The molecule has 8 heterocycles. The number of rotatable bonds is 8. The van der Waals surface area contributed by atoms with E-state index in [2.05, 4.69) is 168 Å². The predicted octanol–water partition coefficient (Wildman–Crippen LogP) is 18.4. The van der Waals surface area contributed by atoms with E-state index in [9.17, 15) is 0 Å². The molecule has 12 rings (SSSR count). The summed E-state index contributed by atoms with van der Waals surface area (Å²) in [5, 5.41) is 11.5. The number of halogens is 4. The second-order valence-corrected chi connectivity index (χ2v) is 41.1. The first-order valence-electron chi connectivity index (χ1n) is 27.5. The molecule has 1 N–H and O–H groups in total. The van der Waals surface area contributed by atoms with Gasteiger partial charge < -0.3 is 23.9 Å². The van der Waals surface area contributed by atoms with E-state index in [-0.39, 0.29) is 21.1 Å². The molecule has 8 aromatic heterocycles. The van der Waals surface area contributed by atoms with Crippen LogP contribution in [0.25, 0.3) is 89.2 Å². The van der Waals surface area contributed by atoms with Crippen LogP contribution < -0.4 is 0 Å². The van der Waals surface area contributed by atoms with Crippen LogP contribution >= 0.6 is 37.7 Å². The Bertz CT molecular complexity index is 4090. The van der Waals surface area contributed by atoms with Crippen molar-refractivity contribution >= 4 is 151 Å². The molecule has 10 nitrogen and oxygen atoms in total. The number of carbonyl (C=O) groups is 1. The molecule has 0 aliphatic carbocycles. The standard InChI is InChI=1S/C33H29N3O.C33H27N3O.C2H4O2.4ClH.2K.2Pt/c2*1-20-16-27(23-10-7-6-8-11-23)35-29(18-20)33(4,5)30-19-21(2)17-28(36-30)26-13-9-12-24-25-15-14-22(3)34-32(25)37-31(24)26;1-2(3)4;;;;;;;;/h6-19H,1-5H3;6-10,12,14-19H,1-5H3;1H3,(H,3,4);4*1H;;;;/q;-2;;;;;;;;+2;+4/p-4. The van der Waals surface area contributed by atoms with E-state index in [0.717, 1.165) is 136 Å². The third kappa shape index (κ3) is 17.6. The molecule has 0 saturated carbocycles. The topological polar surface area (TPSA) is 141 Å². The van der Waals surface area contributed by atoms with E-state index >= 15 is 0 Å². The first-order valence-corrected chi connectivity index (χ1v) is 54.8.